The van der Waals surface area contributed by atoms with Gasteiger partial charge in [0.15, 0.2) is 0 Å². The highest BCUT2D eigenvalue weighted by atomic mass is 19.4. The van der Waals surface area contributed by atoms with Gasteiger partial charge in [0.1, 0.15) is 0 Å². The first-order valence-corrected chi connectivity index (χ1v) is 18.6. The van der Waals surface area contributed by atoms with E-state index in [2.05, 4.69) is 0 Å². The second kappa shape index (κ2) is 15.5. The molecule has 2 aromatic heterocycles. The van der Waals surface area contributed by atoms with E-state index in [9.17, 15) is 52.7 Å². The maximum absolute atomic E-state index is 13.9. The maximum atomic E-state index is 13.9. The highest BCUT2D eigenvalue weighted by molar-refractivity contribution is 5.97. The normalized spacial score (nSPS) is 12.5. The SMILES string of the molecule is FC(F)(F)c1ccc(-c2cc(-c3cc(-c4ccc(C(F)(F)F)cc4)n(-c4ccccc4)c3-c3ccc(C(F)(F)F)cc3)c(-c3ccc(C(F)(F)F)cc3)n2-c2ccccc2)cc1. The Hall–Kier alpha value is -6.96. The third-order valence-electron chi connectivity index (χ3n) is 10.3. The van der Waals surface area contributed by atoms with E-state index in [0.29, 0.717) is 11.4 Å². The van der Waals surface area contributed by atoms with Gasteiger partial charge >= 0.3 is 24.7 Å². The molecule has 0 fully saturated rings. The van der Waals surface area contributed by atoms with Crippen LogP contribution in [-0.2, 0) is 24.7 Å². The lowest BCUT2D eigenvalue weighted by molar-refractivity contribution is -0.138. The molecular formula is C48H28F12N2. The van der Waals surface area contributed by atoms with Crippen molar-refractivity contribution in [2.24, 2.45) is 0 Å². The number of hydrogen-bond donors (Lipinski definition) is 0. The van der Waals surface area contributed by atoms with Crippen LogP contribution >= 0.6 is 0 Å². The number of benzene rings is 6. The van der Waals surface area contributed by atoms with Crippen LogP contribution in [0, 0.1) is 0 Å². The molecule has 0 saturated carbocycles. The van der Waals surface area contributed by atoms with Crippen LogP contribution in [-0.4, -0.2) is 9.13 Å². The third-order valence-corrected chi connectivity index (χ3v) is 10.3. The third kappa shape index (κ3) is 8.12. The zero-order valence-electron chi connectivity index (χ0n) is 31.6. The molecular weight excluding hydrogens is 833 g/mol. The quantitative estimate of drug-likeness (QED) is 0.141. The molecule has 0 aliphatic heterocycles. The van der Waals surface area contributed by atoms with Crippen LogP contribution in [0.5, 0.6) is 0 Å². The van der Waals surface area contributed by atoms with Crippen LogP contribution in [0.2, 0.25) is 0 Å². The summed E-state index contributed by atoms with van der Waals surface area (Å²) >= 11 is 0. The molecule has 2 nitrogen and oxygen atoms in total. The summed E-state index contributed by atoms with van der Waals surface area (Å²) < 4.78 is 170. The summed E-state index contributed by atoms with van der Waals surface area (Å²) in [5.41, 5.74) is -0.302. The van der Waals surface area contributed by atoms with Crippen molar-refractivity contribution >= 4 is 0 Å². The topological polar surface area (TPSA) is 9.86 Å². The number of rotatable bonds is 7. The minimum absolute atomic E-state index is 0.219. The van der Waals surface area contributed by atoms with Crippen LogP contribution < -0.4 is 0 Å². The van der Waals surface area contributed by atoms with Crippen molar-refractivity contribution in [2.45, 2.75) is 24.7 Å². The van der Waals surface area contributed by atoms with Gasteiger partial charge in [0.25, 0.3) is 0 Å². The lowest BCUT2D eigenvalue weighted by Gasteiger charge is -2.18. The van der Waals surface area contributed by atoms with Gasteiger partial charge in [-0.3, -0.25) is 0 Å². The molecule has 0 radical (unpaired) electrons. The number of nitrogens with zero attached hydrogens (tertiary/aromatic N) is 2. The van der Waals surface area contributed by atoms with E-state index in [1.807, 2.05) is 0 Å². The molecule has 14 heteroatoms. The molecule has 0 spiro atoms. The minimum Gasteiger partial charge on any atom is -0.309 e. The summed E-state index contributed by atoms with van der Waals surface area (Å²) in [5.74, 6) is 0. The van der Waals surface area contributed by atoms with Crippen LogP contribution in [0.3, 0.4) is 0 Å². The van der Waals surface area contributed by atoms with E-state index in [4.69, 9.17) is 0 Å². The highest BCUT2D eigenvalue weighted by Crippen LogP contribution is 2.49. The standard InChI is InChI=1S/C48H28F12N2/c49-45(50,51)33-19-11-29(12-20-33)41-27-39(43(61(41)37-7-3-1-4-8-37)31-15-23-35(24-16-31)47(55,56)57)40-28-42(30-13-21-34(22-14-30)46(52,53)54)62(38-9-5-2-6-10-38)44(40)32-17-25-36(26-18-32)48(58,59)60/h1-28H. The summed E-state index contributed by atoms with van der Waals surface area (Å²) in [7, 11) is 0. The second-order valence-corrected chi connectivity index (χ2v) is 14.2. The van der Waals surface area contributed by atoms with Gasteiger partial charge in [-0.05, 0) is 107 Å². The van der Waals surface area contributed by atoms with Gasteiger partial charge in [-0.25, -0.2) is 0 Å². The number of alkyl halides is 12. The monoisotopic (exact) mass is 860 g/mol. The lowest BCUT2D eigenvalue weighted by Crippen LogP contribution is -2.06. The van der Waals surface area contributed by atoms with Crippen LogP contribution in [0.4, 0.5) is 52.7 Å². The van der Waals surface area contributed by atoms with Crippen molar-refractivity contribution < 1.29 is 52.7 Å². The molecule has 0 aliphatic carbocycles. The Morgan fingerprint density at radius 1 is 0.274 bits per heavy atom. The van der Waals surface area contributed by atoms with E-state index in [1.54, 1.807) is 81.9 Å². The number of para-hydroxylation sites is 2. The molecule has 0 bridgehead atoms. The number of hydrogen-bond acceptors (Lipinski definition) is 0. The first-order chi connectivity index (χ1) is 29.3. The van der Waals surface area contributed by atoms with E-state index < -0.39 is 47.0 Å². The molecule has 62 heavy (non-hydrogen) atoms. The molecule has 6 aromatic carbocycles. The van der Waals surface area contributed by atoms with E-state index in [0.717, 1.165) is 48.5 Å². The van der Waals surface area contributed by atoms with Gasteiger partial charge in [0, 0.05) is 22.5 Å². The fourth-order valence-electron chi connectivity index (χ4n) is 7.41. The Bertz CT molecular complexity index is 2630. The number of halogens is 12. The number of aromatic nitrogens is 2. The van der Waals surface area contributed by atoms with Crippen molar-refractivity contribution in [2.75, 3.05) is 0 Å². The first-order valence-electron chi connectivity index (χ1n) is 18.6. The molecule has 0 saturated heterocycles. The van der Waals surface area contributed by atoms with Gasteiger partial charge in [-0.15, -0.1) is 0 Å². The minimum atomic E-state index is -4.71. The van der Waals surface area contributed by atoms with E-state index in [-0.39, 0.29) is 56.2 Å². The fourth-order valence-corrected chi connectivity index (χ4v) is 7.41. The molecule has 314 valence electrons. The molecule has 8 aromatic rings. The predicted molar refractivity (Wildman–Crippen MR) is 212 cm³/mol. The van der Waals surface area contributed by atoms with Crippen molar-refractivity contribution in [3.05, 3.63) is 192 Å². The molecule has 8 rings (SSSR count). The van der Waals surface area contributed by atoms with Gasteiger partial charge in [-0.2, -0.15) is 52.7 Å². The Kier molecular flexibility index (Phi) is 10.4. The lowest BCUT2D eigenvalue weighted by atomic mass is 9.96. The average molecular weight is 861 g/mol. The summed E-state index contributed by atoms with van der Waals surface area (Å²) in [4.78, 5) is 0. The Morgan fingerprint density at radius 3 is 0.758 bits per heavy atom. The summed E-state index contributed by atoms with van der Waals surface area (Å²) in [5, 5.41) is 0. The van der Waals surface area contributed by atoms with Crippen molar-refractivity contribution in [3.8, 4) is 67.5 Å². The first kappa shape index (κ1) is 41.8. The smallest absolute Gasteiger partial charge is 0.309 e. The van der Waals surface area contributed by atoms with Crippen molar-refractivity contribution in [3.63, 3.8) is 0 Å². The van der Waals surface area contributed by atoms with Gasteiger partial charge in [0.05, 0.1) is 45.0 Å². The van der Waals surface area contributed by atoms with Crippen molar-refractivity contribution in [1.82, 2.24) is 9.13 Å². The second-order valence-electron chi connectivity index (χ2n) is 14.2. The molecule has 0 N–H and O–H groups in total. The van der Waals surface area contributed by atoms with Gasteiger partial charge < -0.3 is 9.13 Å². The summed E-state index contributed by atoms with van der Waals surface area (Å²) in [6, 6.07) is 37.1. The van der Waals surface area contributed by atoms with Crippen LogP contribution in [0.25, 0.3) is 67.5 Å². The van der Waals surface area contributed by atoms with E-state index in [1.165, 1.54) is 48.5 Å². The van der Waals surface area contributed by atoms with Crippen LogP contribution in [0.1, 0.15) is 22.3 Å². The fraction of sp³-hybridized carbons (Fsp3) is 0.0833. The molecule has 0 amide bonds. The summed E-state index contributed by atoms with van der Waals surface area (Å²) in [6.07, 6.45) is -18.8. The van der Waals surface area contributed by atoms with Gasteiger partial charge in [-0.1, -0.05) is 84.9 Å². The predicted octanol–water partition coefficient (Wildman–Crippen LogP) is 15.7. The summed E-state index contributed by atoms with van der Waals surface area (Å²) in [6.45, 7) is 0. The maximum Gasteiger partial charge on any atom is 0.416 e. The Balaban J connectivity index is 1.52. The highest BCUT2D eigenvalue weighted by Gasteiger charge is 2.35. The van der Waals surface area contributed by atoms with Crippen molar-refractivity contribution in [1.29, 1.82) is 0 Å². The molecule has 2 heterocycles. The van der Waals surface area contributed by atoms with E-state index >= 15 is 0 Å². The largest absolute Gasteiger partial charge is 0.416 e. The Morgan fingerprint density at radius 2 is 0.516 bits per heavy atom. The average Bonchev–Trinajstić information content (AvgIpc) is 3.83. The zero-order valence-corrected chi connectivity index (χ0v) is 31.6. The Labute approximate surface area is 345 Å². The molecule has 0 aliphatic rings. The van der Waals surface area contributed by atoms with Crippen LogP contribution in [0.15, 0.2) is 170 Å². The van der Waals surface area contributed by atoms with Gasteiger partial charge in [0.2, 0.25) is 0 Å². The zero-order chi connectivity index (χ0) is 44.2. The molecule has 0 atom stereocenters. The molecule has 0 unspecified atom stereocenters.